The number of benzene rings is 1. The van der Waals surface area contributed by atoms with E-state index >= 15 is 0 Å². The van der Waals surface area contributed by atoms with E-state index in [2.05, 4.69) is 0 Å². The molecule has 0 saturated carbocycles. The SMILES string of the molecule is Fc1cccc(Cl)c1OCC1CO1. The van der Waals surface area contributed by atoms with Crippen molar-refractivity contribution in [3.05, 3.63) is 29.0 Å². The first-order valence-corrected chi connectivity index (χ1v) is 4.33. The van der Waals surface area contributed by atoms with Crippen LogP contribution in [0.5, 0.6) is 5.75 Å². The number of halogens is 2. The quantitative estimate of drug-likeness (QED) is 0.702. The van der Waals surface area contributed by atoms with Crippen molar-refractivity contribution in [3.63, 3.8) is 0 Å². The van der Waals surface area contributed by atoms with Crippen LogP contribution < -0.4 is 4.74 Å². The van der Waals surface area contributed by atoms with Crippen LogP contribution in [0.25, 0.3) is 0 Å². The zero-order chi connectivity index (χ0) is 9.26. The molecule has 0 spiro atoms. The van der Waals surface area contributed by atoms with Crippen molar-refractivity contribution in [1.29, 1.82) is 0 Å². The molecule has 2 nitrogen and oxygen atoms in total. The fraction of sp³-hybridized carbons (Fsp3) is 0.333. The van der Waals surface area contributed by atoms with E-state index in [0.717, 1.165) is 0 Å². The van der Waals surface area contributed by atoms with Crippen molar-refractivity contribution in [3.8, 4) is 5.75 Å². The van der Waals surface area contributed by atoms with Gasteiger partial charge in [-0.15, -0.1) is 0 Å². The van der Waals surface area contributed by atoms with Gasteiger partial charge in [0.15, 0.2) is 11.6 Å². The lowest BCUT2D eigenvalue weighted by Gasteiger charge is -2.06. The van der Waals surface area contributed by atoms with Crippen LogP contribution in [-0.4, -0.2) is 19.3 Å². The summed E-state index contributed by atoms with van der Waals surface area (Å²) in [5.74, 6) is -0.326. The van der Waals surface area contributed by atoms with Gasteiger partial charge in [-0.3, -0.25) is 0 Å². The van der Waals surface area contributed by atoms with E-state index in [1.807, 2.05) is 0 Å². The Morgan fingerprint density at radius 3 is 3.00 bits per heavy atom. The summed E-state index contributed by atoms with van der Waals surface area (Å²) in [4.78, 5) is 0. The zero-order valence-corrected chi connectivity index (χ0v) is 7.55. The Morgan fingerprint density at radius 2 is 2.38 bits per heavy atom. The first kappa shape index (κ1) is 8.78. The topological polar surface area (TPSA) is 21.8 Å². The minimum atomic E-state index is -0.437. The highest BCUT2D eigenvalue weighted by Crippen LogP contribution is 2.27. The summed E-state index contributed by atoms with van der Waals surface area (Å²) in [7, 11) is 0. The van der Waals surface area contributed by atoms with Crippen LogP contribution in [0.4, 0.5) is 4.39 Å². The highest BCUT2D eigenvalue weighted by molar-refractivity contribution is 6.32. The molecule has 1 aliphatic rings. The monoisotopic (exact) mass is 202 g/mol. The Bertz CT molecular complexity index is 292. The third kappa shape index (κ3) is 2.11. The van der Waals surface area contributed by atoms with Gasteiger partial charge in [-0.05, 0) is 12.1 Å². The highest BCUT2D eigenvalue weighted by Gasteiger charge is 2.24. The largest absolute Gasteiger partial charge is 0.486 e. The molecule has 1 unspecified atom stereocenters. The first-order chi connectivity index (χ1) is 6.27. The molecule has 4 heteroatoms. The third-order valence-corrected chi connectivity index (χ3v) is 2.03. The number of ether oxygens (including phenoxy) is 2. The molecule has 70 valence electrons. The van der Waals surface area contributed by atoms with E-state index in [0.29, 0.717) is 18.2 Å². The Morgan fingerprint density at radius 1 is 1.62 bits per heavy atom. The summed E-state index contributed by atoms with van der Waals surface area (Å²) >= 11 is 5.73. The standard InChI is InChI=1S/C9H8ClFO2/c10-7-2-1-3-8(11)9(7)13-5-6-4-12-6/h1-3,6H,4-5H2. The molecule has 0 aromatic heterocycles. The molecule has 0 N–H and O–H groups in total. The maximum absolute atomic E-state index is 13.1. The van der Waals surface area contributed by atoms with E-state index in [4.69, 9.17) is 21.1 Å². The molecule has 1 aliphatic heterocycles. The van der Waals surface area contributed by atoms with E-state index in [1.54, 1.807) is 6.07 Å². The Labute approximate surface area is 80.2 Å². The fourth-order valence-corrected chi connectivity index (χ4v) is 1.18. The van der Waals surface area contributed by atoms with Gasteiger partial charge in [0.05, 0.1) is 11.6 Å². The predicted molar refractivity (Wildman–Crippen MR) is 46.6 cm³/mol. The lowest BCUT2D eigenvalue weighted by molar-refractivity contribution is 0.254. The van der Waals surface area contributed by atoms with Gasteiger partial charge in [0.1, 0.15) is 12.7 Å². The molecule has 0 amide bonds. The summed E-state index contributed by atoms with van der Waals surface area (Å²) in [5.41, 5.74) is 0. The third-order valence-electron chi connectivity index (χ3n) is 1.73. The summed E-state index contributed by atoms with van der Waals surface area (Å²) in [6.07, 6.45) is 0.107. The molecule has 1 aromatic rings. The van der Waals surface area contributed by atoms with Crippen LogP contribution in [0.2, 0.25) is 5.02 Å². The number of rotatable bonds is 3. The molecule has 1 saturated heterocycles. The lowest BCUT2D eigenvalue weighted by Crippen LogP contribution is -2.05. The van der Waals surface area contributed by atoms with Gasteiger partial charge in [-0.2, -0.15) is 0 Å². The van der Waals surface area contributed by atoms with Crippen molar-refractivity contribution in [2.45, 2.75) is 6.10 Å². The first-order valence-electron chi connectivity index (χ1n) is 3.96. The highest BCUT2D eigenvalue weighted by atomic mass is 35.5. The van der Waals surface area contributed by atoms with Gasteiger partial charge < -0.3 is 9.47 Å². The molecule has 0 aliphatic carbocycles. The second kappa shape index (κ2) is 3.52. The van der Waals surface area contributed by atoms with E-state index < -0.39 is 5.82 Å². The zero-order valence-electron chi connectivity index (χ0n) is 6.80. The van der Waals surface area contributed by atoms with Crippen LogP contribution in [0, 0.1) is 5.82 Å². The second-order valence-electron chi connectivity index (χ2n) is 2.82. The van der Waals surface area contributed by atoms with Crippen LogP contribution in [-0.2, 0) is 4.74 Å². The van der Waals surface area contributed by atoms with Crippen molar-refractivity contribution in [2.75, 3.05) is 13.2 Å². The van der Waals surface area contributed by atoms with E-state index in [1.165, 1.54) is 12.1 Å². The van der Waals surface area contributed by atoms with Crippen LogP contribution >= 0.6 is 11.6 Å². The van der Waals surface area contributed by atoms with Gasteiger partial charge in [0, 0.05) is 0 Å². The number of para-hydroxylation sites is 1. The second-order valence-corrected chi connectivity index (χ2v) is 3.22. The van der Waals surface area contributed by atoms with Crippen LogP contribution in [0.3, 0.4) is 0 Å². The summed E-state index contributed by atoms with van der Waals surface area (Å²) in [6.45, 7) is 1.05. The Kier molecular flexibility index (Phi) is 2.38. The minimum absolute atomic E-state index is 0.107. The van der Waals surface area contributed by atoms with Crippen LogP contribution in [0.15, 0.2) is 18.2 Å². The van der Waals surface area contributed by atoms with Crippen LogP contribution in [0.1, 0.15) is 0 Å². The molecular weight excluding hydrogens is 195 g/mol. The van der Waals surface area contributed by atoms with Crippen molar-refractivity contribution in [2.24, 2.45) is 0 Å². The molecular formula is C9H8ClFO2. The van der Waals surface area contributed by atoms with E-state index in [-0.39, 0.29) is 11.9 Å². The summed E-state index contributed by atoms with van der Waals surface area (Å²) in [6, 6.07) is 4.45. The molecule has 1 aromatic carbocycles. The summed E-state index contributed by atoms with van der Waals surface area (Å²) in [5, 5.41) is 0.292. The summed E-state index contributed by atoms with van der Waals surface area (Å²) < 4.78 is 23.1. The number of epoxide rings is 1. The van der Waals surface area contributed by atoms with Gasteiger partial charge in [0.25, 0.3) is 0 Å². The molecule has 1 atom stereocenters. The van der Waals surface area contributed by atoms with Gasteiger partial charge in [0.2, 0.25) is 0 Å². The van der Waals surface area contributed by atoms with Gasteiger partial charge >= 0.3 is 0 Å². The molecule has 13 heavy (non-hydrogen) atoms. The molecule has 2 rings (SSSR count). The van der Waals surface area contributed by atoms with Gasteiger partial charge in [-0.25, -0.2) is 4.39 Å². The maximum Gasteiger partial charge on any atom is 0.173 e. The average molecular weight is 203 g/mol. The van der Waals surface area contributed by atoms with Crippen molar-refractivity contribution in [1.82, 2.24) is 0 Å². The minimum Gasteiger partial charge on any atom is -0.486 e. The molecule has 0 radical (unpaired) electrons. The lowest BCUT2D eigenvalue weighted by atomic mass is 10.3. The van der Waals surface area contributed by atoms with Crippen molar-refractivity contribution >= 4 is 11.6 Å². The molecule has 1 heterocycles. The molecule has 0 bridgehead atoms. The average Bonchev–Trinajstić information content (AvgIpc) is 2.87. The van der Waals surface area contributed by atoms with Crippen molar-refractivity contribution < 1.29 is 13.9 Å². The Hall–Kier alpha value is -0.800. The maximum atomic E-state index is 13.1. The van der Waals surface area contributed by atoms with Gasteiger partial charge in [-0.1, -0.05) is 17.7 Å². The molecule has 1 fully saturated rings. The predicted octanol–water partition coefficient (Wildman–Crippen LogP) is 2.26. The van der Waals surface area contributed by atoms with E-state index in [9.17, 15) is 4.39 Å². The number of hydrogen-bond acceptors (Lipinski definition) is 2. The normalized spacial score (nSPS) is 20.0. The number of hydrogen-bond donors (Lipinski definition) is 0. The smallest absolute Gasteiger partial charge is 0.173 e. The fourth-order valence-electron chi connectivity index (χ4n) is 0.961. The Balaban J connectivity index is 2.07.